The molecule has 1 saturated heterocycles. The first-order valence-electron chi connectivity index (χ1n) is 4.40. The summed E-state index contributed by atoms with van der Waals surface area (Å²) in [5.74, 6) is -0.117. The second-order valence-corrected chi connectivity index (χ2v) is 3.07. The van der Waals surface area contributed by atoms with Gasteiger partial charge in [0.1, 0.15) is 6.04 Å². The first-order chi connectivity index (χ1) is 6.86. The molecule has 0 radical (unpaired) electrons. The Hall–Kier alpha value is -1.46. The first kappa shape index (κ1) is 9.11. The Bertz CT molecular complexity index is 315. The van der Waals surface area contributed by atoms with Gasteiger partial charge in [0.15, 0.2) is 0 Å². The van der Waals surface area contributed by atoms with Crippen molar-refractivity contribution in [1.29, 1.82) is 0 Å². The summed E-state index contributed by atoms with van der Waals surface area (Å²) in [7, 11) is 0. The van der Waals surface area contributed by atoms with E-state index in [9.17, 15) is 4.79 Å². The second kappa shape index (κ2) is 4.17. The molecular weight excluding hydrogens is 182 g/mol. The Morgan fingerprint density at radius 1 is 1.71 bits per heavy atom. The summed E-state index contributed by atoms with van der Waals surface area (Å²) in [6.07, 6.45) is 3.48. The second-order valence-electron chi connectivity index (χ2n) is 3.07. The summed E-state index contributed by atoms with van der Waals surface area (Å²) in [4.78, 5) is 19.8. The minimum absolute atomic E-state index is 0.117. The molecule has 1 aromatic heterocycles. The fourth-order valence-corrected chi connectivity index (χ4v) is 1.24. The van der Waals surface area contributed by atoms with E-state index >= 15 is 0 Å². The average molecular weight is 193 g/mol. The van der Waals surface area contributed by atoms with Crippen LogP contribution in [0.3, 0.4) is 0 Å². The van der Waals surface area contributed by atoms with Gasteiger partial charge in [-0.3, -0.25) is 19.9 Å². The van der Waals surface area contributed by atoms with E-state index in [1.54, 1.807) is 12.4 Å². The zero-order valence-corrected chi connectivity index (χ0v) is 7.56. The molecule has 1 fully saturated rings. The summed E-state index contributed by atoms with van der Waals surface area (Å²) in [6.45, 7) is 0.994. The predicted octanol–water partition coefficient (Wildman–Crippen LogP) is -0.399. The van der Waals surface area contributed by atoms with E-state index < -0.39 is 0 Å². The molecule has 1 unspecified atom stereocenters. The van der Waals surface area contributed by atoms with Crippen LogP contribution in [0.1, 0.15) is 5.56 Å². The Balaban J connectivity index is 1.85. The number of amides is 1. The van der Waals surface area contributed by atoms with Gasteiger partial charge in [-0.2, -0.15) is 0 Å². The summed E-state index contributed by atoms with van der Waals surface area (Å²) >= 11 is 0. The van der Waals surface area contributed by atoms with E-state index in [4.69, 9.17) is 4.84 Å². The van der Waals surface area contributed by atoms with E-state index in [-0.39, 0.29) is 11.9 Å². The molecule has 1 aromatic rings. The molecule has 2 heterocycles. The lowest BCUT2D eigenvalue weighted by Gasteiger charge is -2.07. The molecule has 0 bridgehead atoms. The lowest BCUT2D eigenvalue weighted by atomic mass is 10.2. The molecule has 1 aliphatic rings. The highest BCUT2D eigenvalue weighted by molar-refractivity contribution is 5.82. The van der Waals surface area contributed by atoms with E-state index in [1.807, 2.05) is 12.1 Å². The lowest BCUT2D eigenvalue weighted by molar-refractivity contribution is -0.125. The third kappa shape index (κ3) is 2.07. The number of hydrogen-bond donors (Lipinski definition) is 2. The van der Waals surface area contributed by atoms with Gasteiger partial charge in [-0.1, -0.05) is 6.07 Å². The highest BCUT2D eigenvalue weighted by Crippen LogP contribution is 1.98. The summed E-state index contributed by atoms with van der Waals surface area (Å²) in [5.41, 5.74) is 3.34. The third-order valence-electron chi connectivity index (χ3n) is 2.01. The largest absolute Gasteiger partial charge is 0.300 e. The maximum Gasteiger partial charge on any atom is 0.263 e. The summed E-state index contributed by atoms with van der Waals surface area (Å²) < 4.78 is 0. The minimum Gasteiger partial charge on any atom is -0.300 e. The van der Waals surface area contributed by atoms with Crippen LogP contribution in [-0.2, 0) is 16.2 Å². The third-order valence-corrected chi connectivity index (χ3v) is 2.01. The molecule has 5 nitrogen and oxygen atoms in total. The average Bonchev–Trinajstić information content (AvgIpc) is 2.63. The van der Waals surface area contributed by atoms with Gasteiger partial charge >= 0.3 is 0 Å². The number of carbonyl (C=O) groups excluding carboxylic acids is 1. The van der Waals surface area contributed by atoms with Crippen molar-refractivity contribution in [2.45, 2.75) is 12.6 Å². The molecule has 5 heteroatoms. The number of pyridine rings is 1. The Morgan fingerprint density at radius 3 is 3.29 bits per heavy atom. The van der Waals surface area contributed by atoms with Crippen LogP contribution in [0.4, 0.5) is 0 Å². The van der Waals surface area contributed by atoms with Gasteiger partial charge in [-0.05, 0) is 11.6 Å². The predicted molar refractivity (Wildman–Crippen MR) is 49.0 cm³/mol. The fraction of sp³-hybridized carbons (Fsp3) is 0.333. The number of hydrogen-bond acceptors (Lipinski definition) is 4. The molecule has 0 aromatic carbocycles. The normalized spacial score (nSPS) is 20.9. The van der Waals surface area contributed by atoms with Crippen LogP contribution >= 0.6 is 0 Å². The van der Waals surface area contributed by atoms with Gasteiger partial charge < -0.3 is 0 Å². The molecule has 0 saturated carbocycles. The van der Waals surface area contributed by atoms with Crippen molar-refractivity contribution in [1.82, 2.24) is 15.8 Å². The van der Waals surface area contributed by atoms with Crippen LogP contribution in [0.15, 0.2) is 24.5 Å². The van der Waals surface area contributed by atoms with Crippen molar-refractivity contribution in [2.75, 3.05) is 6.61 Å². The molecule has 2 rings (SSSR count). The van der Waals surface area contributed by atoms with Gasteiger partial charge in [-0.15, -0.1) is 0 Å². The van der Waals surface area contributed by atoms with E-state index in [1.165, 1.54) is 0 Å². The highest BCUT2D eigenvalue weighted by Gasteiger charge is 2.24. The van der Waals surface area contributed by atoms with Crippen LogP contribution in [0, 0.1) is 0 Å². The molecular formula is C9H11N3O2. The van der Waals surface area contributed by atoms with Crippen molar-refractivity contribution >= 4 is 5.91 Å². The number of hydroxylamine groups is 1. The van der Waals surface area contributed by atoms with E-state index in [2.05, 4.69) is 15.8 Å². The Labute approximate surface area is 81.4 Å². The van der Waals surface area contributed by atoms with Gasteiger partial charge in [0, 0.05) is 18.9 Å². The lowest BCUT2D eigenvalue weighted by Crippen LogP contribution is -2.37. The molecule has 14 heavy (non-hydrogen) atoms. The van der Waals surface area contributed by atoms with Crippen molar-refractivity contribution in [2.24, 2.45) is 0 Å². The van der Waals surface area contributed by atoms with Crippen molar-refractivity contribution in [3.05, 3.63) is 30.1 Å². The fourth-order valence-electron chi connectivity index (χ4n) is 1.24. The Morgan fingerprint density at radius 2 is 2.64 bits per heavy atom. The number of nitrogens with one attached hydrogen (secondary N) is 2. The first-order valence-corrected chi connectivity index (χ1v) is 4.40. The van der Waals surface area contributed by atoms with Crippen LogP contribution in [0.2, 0.25) is 0 Å². The quantitative estimate of drug-likeness (QED) is 0.685. The minimum atomic E-state index is -0.254. The van der Waals surface area contributed by atoms with Crippen LogP contribution in [0.25, 0.3) is 0 Å². The molecule has 1 atom stereocenters. The monoisotopic (exact) mass is 193 g/mol. The van der Waals surface area contributed by atoms with Crippen molar-refractivity contribution in [3.8, 4) is 0 Å². The standard InChI is InChI=1S/C9H11N3O2/c13-9-8(6-14-12-9)11-5-7-2-1-3-10-4-7/h1-4,8,11H,5-6H2,(H,12,13). The number of rotatable bonds is 3. The molecule has 74 valence electrons. The highest BCUT2D eigenvalue weighted by atomic mass is 16.7. The maximum absolute atomic E-state index is 11.1. The van der Waals surface area contributed by atoms with E-state index in [0.29, 0.717) is 13.2 Å². The molecule has 0 aliphatic carbocycles. The zero-order valence-electron chi connectivity index (χ0n) is 7.56. The van der Waals surface area contributed by atoms with Gasteiger partial charge in [-0.25, -0.2) is 5.48 Å². The molecule has 2 N–H and O–H groups in total. The van der Waals surface area contributed by atoms with Gasteiger partial charge in [0.2, 0.25) is 0 Å². The topological polar surface area (TPSA) is 63.2 Å². The number of carbonyl (C=O) groups is 1. The van der Waals surface area contributed by atoms with Gasteiger partial charge in [0.05, 0.1) is 6.61 Å². The van der Waals surface area contributed by atoms with Gasteiger partial charge in [0.25, 0.3) is 5.91 Å². The van der Waals surface area contributed by atoms with Crippen LogP contribution < -0.4 is 10.8 Å². The maximum atomic E-state index is 11.1. The molecule has 0 spiro atoms. The van der Waals surface area contributed by atoms with Crippen LogP contribution in [-0.4, -0.2) is 23.5 Å². The molecule has 1 amide bonds. The smallest absolute Gasteiger partial charge is 0.263 e. The summed E-state index contributed by atoms with van der Waals surface area (Å²) in [5, 5.41) is 3.07. The van der Waals surface area contributed by atoms with Crippen molar-refractivity contribution < 1.29 is 9.63 Å². The molecule has 1 aliphatic heterocycles. The number of nitrogens with zero attached hydrogens (tertiary/aromatic N) is 1. The number of aromatic nitrogens is 1. The van der Waals surface area contributed by atoms with E-state index in [0.717, 1.165) is 5.56 Å². The summed E-state index contributed by atoms with van der Waals surface area (Å²) in [6, 6.07) is 3.56. The van der Waals surface area contributed by atoms with Crippen molar-refractivity contribution in [3.63, 3.8) is 0 Å². The van der Waals surface area contributed by atoms with Crippen LogP contribution in [0.5, 0.6) is 0 Å². The SMILES string of the molecule is O=C1NOCC1NCc1cccnc1. The zero-order chi connectivity index (χ0) is 9.80. The Kier molecular flexibility index (Phi) is 2.71.